The van der Waals surface area contributed by atoms with Crippen LogP contribution in [-0.2, 0) is 0 Å². The van der Waals surface area contributed by atoms with Crippen molar-refractivity contribution in [1.82, 2.24) is 9.97 Å². The van der Waals surface area contributed by atoms with E-state index in [-0.39, 0.29) is 5.56 Å². The summed E-state index contributed by atoms with van der Waals surface area (Å²) in [6, 6.07) is 4.78. The topological polar surface area (TPSA) is 75.1 Å². The maximum absolute atomic E-state index is 10.8. The molecule has 0 amide bonds. The maximum Gasteiger partial charge on any atom is 0.335 e. The number of nitrogens with zero attached hydrogens (tertiary/aromatic N) is 2. The lowest BCUT2D eigenvalue weighted by molar-refractivity contribution is 0.0697. The first-order valence-corrected chi connectivity index (χ1v) is 4.94. The fourth-order valence-electron chi connectivity index (χ4n) is 1.41. The van der Waals surface area contributed by atoms with E-state index in [2.05, 4.69) is 15.3 Å². The second-order valence-electron chi connectivity index (χ2n) is 3.30. The van der Waals surface area contributed by atoms with Gasteiger partial charge < -0.3 is 10.4 Å². The highest BCUT2D eigenvalue weighted by molar-refractivity contribution is 5.93. The van der Waals surface area contributed by atoms with Crippen molar-refractivity contribution in [1.29, 1.82) is 0 Å². The average Bonchev–Trinajstić information content (AvgIpc) is 2.28. The fraction of sp³-hybridized carbons (Fsp3) is 0.182. The van der Waals surface area contributed by atoms with Crippen molar-refractivity contribution >= 4 is 22.8 Å². The van der Waals surface area contributed by atoms with E-state index in [1.54, 1.807) is 18.3 Å². The summed E-state index contributed by atoms with van der Waals surface area (Å²) in [5.41, 5.74) is 0.975. The first-order chi connectivity index (χ1) is 7.70. The van der Waals surface area contributed by atoms with Crippen molar-refractivity contribution in [2.75, 3.05) is 11.9 Å². The van der Waals surface area contributed by atoms with Gasteiger partial charge in [0.15, 0.2) is 0 Å². The molecule has 1 aromatic carbocycles. The van der Waals surface area contributed by atoms with Crippen molar-refractivity contribution in [3.8, 4) is 0 Å². The zero-order valence-electron chi connectivity index (χ0n) is 8.77. The molecule has 0 aliphatic heterocycles. The minimum atomic E-state index is -0.947. The van der Waals surface area contributed by atoms with Gasteiger partial charge >= 0.3 is 5.97 Å². The number of nitrogens with one attached hydrogen (secondary N) is 1. The number of carboxylic acid groups (broad SMARTS) is 1. The summed E-state index contributed by atoms with van der Waals surface area (Å²) in [7, 11) is 0. The van der Waals surface area contributed by atoms with E-state index in [4.69, 9.17) is 5.11 Å². The van der Waals surface area contributed by atoms with Crippen molar-refractivity contribution < 1.29 is 9.90 Å². The Kier molecular flexibility index (Phi) is 2.68. The number of aromatic nitrogens is 2. The summed E-state index contributed by atoms with van der Waals surface area (Å²) in [6.45, 7) is 2.71. The lowest BCUT2D eigenvalue weighted by Gasteiger charge is -2.03. The van der Waals surface area contributed by atoms with Gasteiger partial charge in [0, 0.05) is 18.1 Å². The first-order valence-electron chi connectivity index (χ1n) is 4.94. The number of fused-ring (bicyclic) bond motifs is 1. The van der Waals surface area contributed by atoms with E-state index < -0.39 is 5.97 Å². The third-order valence-corrected chi connectivity index (χ3v) is 2.16. The van der Waals surface area contributed by atoms with Crippen LogP contribution in [0.2, 0.25) is 0 Å². The Balaban J connectivity index is 2.48. The predicted molar refractivity (Wildman–Crippen MR) is 60.7 cm³/mol. The number of benzene rings is 1. The van der Waals surface area contributed by atoms with Crippen LogP contribution < -0.4 is 5.32 Å². The normalized spacial score (nSPS) is 10.3. The van der Waals surface area contributed by atoms with E-state index in [1.165, 1.54) is 6.07 Å². The van der Waals surface area contributed by atoms with Gasteiger partial charge in [-0.05, 0) is 25.1 Å². The van der Waals surface area contributed by atoms with Crippen molar-refractivity contribution in [3.05, 3.63) is 30.0 Å². The van der Waals surface area contributed by atoms with Crippen LogP contribution in [0.4, 0.5) is 5.95 Å². The van der Waals surface area contributed by atoms with Gasteiger partial charge in [0.1, 0.15) is 0 Å². The molecule has 0 aliphatic rings. The Morgan fingerprint density at radius 2 is 2.31 bits per heavy atom. The highest BCUT2D eigenvalue weighted by atomic mass is 16.4. The van der Waals surface area contributed by atoms with Gasteiger partial charge in [-0.3, -0.25) is 0 Å². The smallest absolute Gasteiger partial charge is 0.335 e. The van der Waals surface area contributed by atoms with Crippen LogP contribution in [0.25, 0.3) is 10.9 Å². The lowest BCUT2D eigenvalue weighted by Crippen LogP contribution is -2.02. The molecule has 1 heterocycles. The molecule has 0 radical (unpaired) electrons. The van der Waals surface area contributed by atoms with Gasteiger partial charge in [-0.25, -0.2) is 14.8 Å². The summed E-state index contributed by atoms with van der Waals surface area (Å²) in [5, 5.41) is 12.6. The third kappa shape index (κ3) is 1.93. The Bertz CT molecular complexity index is 540. The third-order valence-electron chi connectivity index (χ3n) is 2.16. The van der Waals surface area contributed by atoms with Gasteiger partial charge in [-0.1, -0.05) is 0 Å². The molecule has 82 valence electrons. The summed E-state index contributed by atoms with van der Waals surface area (Å²) in [4.78, 5) is 19.1. The van der Waals surface area contributed by atoms with E-state index in [1.807, 2.05) is 6.92 Å². The van der Waals surface area contributed by atoms with Crippen LogP contribution in [0.15, 0.2) is 24.4 Å². The SMILES string of the molecule is CCNc1ncc2cc(C(=O)O)ccc2n1. The van der Waals surface area contributed by atoms with Crippen LogP contribution in [0, 0.1) is 0 Å². The number of aromatic carboxylic acids is 1. The number of anilines is 1. The summed E-state index contributed by atoms with van der Waals surface area (Å²) in [6.07, 6.45) is 1.62. The Labute approximate surface area is 92.2 Å². The molecule has 0 spiro atoms. The standard InChI is InChI=1S/C11H11N3O2/c1-2-12-11-13-6-8-5-7(10(15)16)3-4-9(8)14-11/h3-6H,2H2,1H3,(H,15,16)(H,12,13,14). The molecule has 0 bridgehead atoms. The minimum absolute atomic E-state index is 0.243. The molecule has 0 unspecified atom stereocenters. The molecule has 5 nitrogen and oxygen atoms in total. The minimum Gasteiger partial charge on any atom is -0.478 e. The zero-order chi connectivity index (χ0) is 11.5. The molecule has 0 saturated carbocycles. The Morgan fingerprint density at radius 1 is 1.50 bits per heavy atom. The highest BCUT2D eigenvalue weighted by Gasteiger charge is 2.05. The van der Waals surface area contributed by atoms with Crippen LogP contribution in [0.1, 0.15) is 17.3 Å². The molecule has 1 aromatic heterocycles. The second-order valence-corrected chi connectivity index (χ2v) is 3.30. The van der Waals surface area contributed by atoms with Gasteiger partial charge in [-0.2, -0.15) is 0 Å². The zero-order valence-corrected chi connectivity index (χ0v) is 8.77. The molecular formula is C11H11N3O2. The first kappa shape index (κ1) is 10.4. The summed E-state index contributed by atoms with van der Waals surface area (Å²) in [5.74, 6) is -0.393. The van der Waals surface area contributed by atoms with Gasteiger partial charge in [0.25, 0.3) is 0 Å². The fourth-order valence-corrected chi connectivity index (χ4v) is 1.41. The van der Waals surface area contributed by atoms with Gasteiger partial charge in [-0.15, -0.1) is 0 Å². The van der Waals surface area contributed by atoms with E-state index >= 15 is 0 Å². The quantitative estimate of drug-likeness (QED) is 0.819. The van der Waals surface area contributed by atoms with E-state index in [0.717, 1.165) is 17.4 Å². The van der Waals surface area contributed by atoms with Crippen molar-refractivity contribution in [2.45, 2.75) is 6.92 Å². The molecule has 0 saturated heterocycles. The molecule has 2 rings (SSSR count). The van der Waals surface area contributed by atoms with E-state index in [9.17, 15) is 4.79 Å². The van der Waals surface area contributed by atoms with E-state index in [0.29, 0.717) is 5.95 Å². The predicted octanol–water partition coefficient (Wildman–Crippen LogP) is 1.76. The largest absolute Gasteiger partial charge is 0.478 e. The lowest BCUT2D eigenvalue weighted by atomic mass is 10.1. The van der Waals surface area contributed by atoms with Crippen LogP contribution in [-0.4, -0.2) is 27.6 Å². The Morgan fingerprint density at radius 3 is 3.00 bits per heavy atom. The molecule has 16 heavy (non-hydrogen) atoms. The molecule has 0 fully saturated rings. The molecule has 0 atom stereocenters. The number of hydrogen-bond acceptors (Lipinski definition) is 4. The van der Waals surface area contributed by atoms with Crippen molar-refractivity contribution in [2.24, 2.45) is 0 Å². The molecular weight excluding hydrogens is 206 g/mol. The monoisotopic (exact) mass is 217 g/mol. The molecule has 5 heteroatoms. The second kappa shape index (κ2) is 4.14. The number of carboxylic acids is 1. The van der Waals surface area contributed by atoms with Gasteiger partial charge in [0.2, 0.25) is 5.95 Å². The summed E-state index contributed by atoms with van der Waals surface area (Å²) < 4.78 is 0. The molecule has 2 N–H and O–H groups in total. The van der Waals surface area contributed by atoms with Crippen molar-refractivity contribution in [3.63, 3.8) is 0 Å². The number of carbonyl (C=O) groups is 1. The highest BCUT2D eigenvalue weighted by Crippen LogP contribution is 2.14. The van der Waals surface area contributed by atoms with Crippen LogP contribution in [0.3, 0.4) is 0 Å². The molecule has 2 aromatic rings. The van der Waals surface area contributed by atoms with Crippen LogP contribution in [0.5, 0.6) is 0 Å². The summed E-state index contributed by atoms with van der Waals surface area (Å²) >= 11 is 0. The molecule has 0 aliphatic carbocycles. The Hall–Kier alpha value is -2.17. The van der Waals surface area contributed by atoms with Crippen LogP contribution >= 0.6 is 0 Å². The van der Waals surface area contributed by atoms with Gasteiger partial charge in [0.05, 0.1) is 11.1 Å². The average molecular weight is 217 g/mol. The maximum atomic E-state index is 10.8. The number of hydrogen-bond donors (Lipinski definition) is 2. The number of rotatable bonds is 3.